The molecule has 2 atom stereocenters. The number of nitrogens with zero attached hydrogens (tertiary/aromatic N) is 2. The summed E-state index contributed by atoms with van der Waals surface area (Å²) in [4.78, 5) is 40.6. The van der Waals surface area contributed by atoms with Gasteiger partial charge in [0.15, 0.2) is 11.5 Å². The number of rotatable bonds is 2. The van der Waals surface area contributed by atoms with E-state index in [1.165, 1.54) is 4.90 Å². The van der Waals surface area contributed by atoms with E-state index < -0.39 is 0 Å². The zero-order chi connectivity index (χ0) is 18.5. The number of fused-ring (bicyclic) bond motifs is 2. The summed E-state index contributed by atoms with van der Waals surface area (Å²) < 4.78 is 10.6. The highest BCUT2D eigenvalue weighted by Gasteiger charge is 2.52. The van der Waals surface area contributed by atoms with Crippen LogP contribution in [0.15, 0.2) is 30.4 Å². The van der Waals surface area contributed by atoms with E-state index in [0.717, 1.165) is 0 Å². The average molecular weight is 369 g/mol. The van der Waals surface area contributed by atoms with Crippen molar-refractivity contribution in [2.75, 3.05) is 25.2 Å². The normalized spacial score (nSPS) is 26.2. The Hall–Kier alpha value is -3.03. The van der Waals surface area contributed by atoms with E-state index in [-0.39, 0.29) is 42.5 Å². The highest BCUT2D eigenvalue weighted by molar-refractivity contribution is 6.06. The number of nitrogens with one attached hydrogen (secondary N) is 1. The van der Waals surface area contributed by atoms with E-state index >= 15 is 0 Å². The fourth-order valence-electron chi connectivity index (χ4n) is 4.15. The van der Waals surface area contributed by atoms with Gasteiger partial charge in [0.05, 0.1) is 17.9 Å². The Balaban J connectivity index is 1.20. The molecule has 1 aromatic rings. The van der Waals surface area contributed by atoms with Gasteiger partial charge in [0.1, 0.15) is 0 Å². The molecule has 1 aliphatic carbocycles. The number of anilines is 1. The summed E-state index contributed by atoms with van der Waals surface area (Å²) in [6.07, 6.45) is 5.21. The summed E-state index contributed by atoms with van der Waals surface area (Å²) in [6.45, 7) is 0.900. The number of hydrogen-bond donors (Lipinski definition) is 1. The van der Waals surface area contributed by atoms with E-state index in [9.17, 15) is 14.4 Å². The van der Waals surface area contributed by atoms with Gasteiger partial charge in [0.2, 0.25) is 18.6 Å². The van der Waals surface area contributed by atoms with Crippen LogP contribution in [0.1, 0.15) is 12.8 Å². The molecule has 8 heteroatoms. The van der Waals surface area contributed by atoms with Crippen molar-refractivity contribution < 1.29 is 23.9 Å². The molecule has 1 aromatic carbocycles. The van der Waals surface area contributed by atoms with Gasteiger partial charge in [-0.25, -0.2) is 4.79 Å². The average Bonchev–Trinajstić information content (AvgIpc) is 3.19. The standard InChI is InChI=1S/C19H19N3O5/c23-17-13-3-1-2-4-14(13)18(24)22(17)12-8-21(9-12)19(25)20-11-5-6-15-16(7-11)27-10-26-15/h1-2,5-7,12-14H,3-4,8-10H2,(H,20,25). The summed E-state index contributed by atoms with van der Waals surface area (Å²) in [5.41, 5.74) is 0.609. The van der Waals surface area contributed by atoms with Crippen molar-refractivity contribution in [3.63, 3.8) is 0 Å². The summed E-state index contributed by atoms with van der Waals surface area (Å²) in [5.74, 6) is 0.626. The fraction of sp³-hybridized carbons (Fsp3) is 0.421. The molecule has 5 rings (SSSR count). The summed E-state index contributed by atoms with van der Waals surface area (Å²) in [6, 6.07) is 4.71. The third-order valence-electron chi connectivity index (χ3n) is 5.68. The summed E-state index contributed by atoms with van der Waals surface area (Å²) >= 11 is 0. The molecule has 3 aliphatic heterocycles. The van der Waals surface area contributed by atoms with Crippen LogP contribution in [0.5, 0.6) is 11.5 Å². The number of likely N-dealkylation sites (tertiary alicyclic amines) is 2. The van der Waals surface area contributed by atoms with Crippen molar-refractivity contribution in [1.82, 2.24) is 9.80 Å². The first-order valence-electron chi connectivity index (χ1n) is 9.09. The Morgan fingerprint density at radius 3 is 2.37 bits per heavy atom. The molecule has 0 bridgehead atoms. The van der Waals surface area contributed by atoms with Gasteiger partial charge in [-0.2, -0.15) is 0 Å². The summed E-state index contributed by atoms with van der Waals surface area (Å²) in [5, 5.41) is 2.81. The molecule has 3 heterocycles. The maximum atomic E-state index is 12.6. The van der Waals surface area contributed by atoms with Gasteiger partial charge < -0.3 is 19.7 Å². The minimum Gasteiger partial charge on any atom is -0.454 e. The number of amides is 4. The van der Waals surface area contributed by atoms with Gasteiger partial charge >= 0.3 is 6.03 Å². The van der Waals surface area contributed by atoms with Gasteiger partial charge in [0, 0.05) is 24.8 Å². The number of allylic oxidation sites excluding steroid dienone is 2. The topological polar surface area (TPSA) is 88.2 Å². The second kappa shape index (κ2) is 6.00. The van der Waals surface area contributed by atoms with Gasteiger partial charge in [-0.05, 0) is 25.0 Å². The molecule has 27 heavy (non-hydrogen) atoms. The molecular weight excluding hydrogens is 350 g/mol. The van der Waals surface area contributed by atoms with Crippen LogP contribution in [0.4, 0.5) is 10.5 Å². The van der Waals surface area contributed by atoms with Crippen molar-refractivity contribution in [2.24, 2.45) is 11.8 Å². The zero-order valence-corrected chi connectivity index (χ0v) is 14.6. The molecule has 2 unspecified atom stereocenters. The maximum Gasteiger partial charge on any atom is 0.321 e. The zero-order valence-electron chi connectivity index (χ0n) is 14.6. The second-order valence-electron chi connectivity index (χ2n) is 7.26. The molecule has 0 saturated carbocycles. The number of carbonyl (C=O) groups excluding carboxylic acids is 3. The SMILES string of the molecule is O=C(Nc1ccc2c(c1)OCO2)N1CC(N2C(=O)C3CC=CCC3C2=O)C1. The summed E-state index contributed by atoms with van der Waals surface area (Å²) in [7, 11) is 0. The number of carbonyl (C=O) groups is 3. The first kappa shape index (κ1) is 16.2. The van der Waals surface area contributed by atoms with E-state index in [1.54, 1.807) is 23.1 Å². The van der Waals surface area contributed by atoms with Crippen LogP contribution < -0.4 is 14.8 Å². The van der Waals surface area contributed by atoms with Crippen LogP contribution in [-0.4, -0.2) is 53.6 Å². The Bertz CT molecular complexity index is 835. The number of ether oxygens (including phenoxy) is 2. The van der Waals surface area contributed by atoms with Crippen molar-refractivity contribution >= 4 is 23.5 Å². The van der Waals surface area contributed by atoms with E-state index in [4.69, 9.17) is 9.47 Å². The van der Waals surface area contributed by atoms with Gasteiger partial charge in [-0.15, -0.1) is 0 Å². The fourth-order valence-corrected chi connectivity index (χ4v) is 4.15. The predicted octanol–water partition coefficient (Wildman–Crippen LogP) is 1.58. The Morgan fingerprint density at radius 1 is 1.00 bits per heavy atom. The third kappa shape index (κ3) is 2.55. The lowest BCUT2D eigenvalue weighted by Gasteiger charge is -2.43. The van der Waals surface area contributed by atoms with E-state index in [0.29, 0.717) is 43.1 Å². The molecule has 140 valence electrons. The molecule has 1 N–H and O–H groups in total. The first-order chi connectivity index (χ1) is 13.1. The van der Waals surface area contributed by atoms with Crippen LogP contribution in [0.2, 0.25) is 0 Å². The van der Waals surface area contributed by atoms with Crippen molar-refractivity contribution in [3.05, 3.63) is 30.4 Å². The molecule has 8 nitrogen and oxygen atoms in total. The lowest BCUT2D eigenvalue weighted by atomic mass is 9.85. The first-order valence-corrected chi connectivity index (χ1v) is 9.09. The number of hydrogen-bond acceptors (Lipinski definition) is 5. The van der Waals surface area contributed by atoms with Gasteiger partial charge in [-0.1, -0.05) is 12.2 Å². The molecule has 0 spiro atoms. The number of imide groups is 1. The van der Waals surface area contributed by atoms with Crippen molar-refractivity contribution in [1.29, 1.82) is 0 Å². The molecule has 2 saturated heterocycles. The molecule has 2 fully saturated rings. The third-order valence-corrected chi connectivity index (χ3v) is 5.68. The smallest absolute Gasteiger partial charge is 0.321 e. The van der Waals surface area contributed by atoms with Gasteiger partial charge in [0.25, 0.3) is 0 Å². The lowest BCUT2D eigenvalue weighted by Crippen LogP contribution is -2.63. The molecule has 0 radical (unpaired) electrons. The number of benzene rings is 1. The molecular formula is C19H19N3O5. The largest absolute Gasteiger partial charge is 0.454 e. The highest BCUT2D eigenvalue weighted by atomic mass is 16.7. The highest BCUT2D eigenvalue weighted by Crippen LogP contribution is 2.38. The minimum absolute atomic E-state index is 0.0878. The van der Waals surface area contributed by atoms with Crippen LogP contribution in [0, 0.1) is 11.8 Å². The van der Waals surface area contributed by atoms with Crippen molar-refractivity contribution in [3.8, 4) is 11.5 Å². The lowest BCUT2D eigenvalue weighted by molar-refractivity contribution is -0.145. The van der Waals surface area contributed by atoms with Crippen LogP contribution in [0.25, 0.3) is 0 Å². The molecule has 0 aromatic heterocycles. The van der Waals surface area contributed by atoms with E-state index in [1.807, 2.05) is 12.2 Å². The second-order valence-corrected chi connectivity index (χ2v) is 7.26. The van der Waals surface area contributed by atoms with Crippen LogP contribution >= 0.6 is 0 Å². The molecule has 4 aliphatic rings. The van der Waals surface area contributed by atoms with Crippen LogP contribution in [-0.2, 0) is 9.59 Å². The molecule has 4 amide bonds. The van der Waals surface area contributed by atoms with Crippen molar-refractivity contribution in [2.45, 2.75) is 18.9 Å². The Labute approximate surface area is 155 Å². The minimum atomic E-state index is -0.261. The van der Waals surface area contributed by atoms with Gasteiger partial charge in [-0.3, -0.25) is 14.5 Å². The maximum absolute atomic E-state index is 12.6. The van der Waals surface area contributed by atoms with Crippen LogP contribution in [0.3, 0.4) is 0 Å². The van der Waals surface area contributed by atoms with E-state index in [2.05, 4.69) is 5.32 Å². The Morgan fingerprint density at radius 2 is 1.67 bits per heavy atom. The number of urea groups is 1. The quantitative estimate of drug-likeness (QED) is 0.632. The Kier molecular flexibility index (Phi) is 3.60. The monoisotopic (exact) mass is 369 g/mol. The predicted molar refractivity (Wildman–Crippen MR) is 94.2 cm³/mol.